The SMILES string of the molecule is CNCc1c(Cl)cccc1OCC(=O)NCC#N. The van der Waals surface area contributed by atoms with Crippen LogP contribution in [0.4, 0.5) is 0 Å². The Labute approximate surface area is 111 Å². The fourth-order valence-corrected chi connectivity index (χ4v) is 1.59. The van der Waals surface area contributed by atoms with Crippen LogP contribution in [0.5, 0.6) is 5.75 Å². The van der Waals surface area contributed by atoms with E-state index >= 15 is 0 Å². The van der Waals surface area contributed by atoms with Gasteiger partial charge in [0.05, 0.1) is 6.07 Å². The highest BCUT2D eigenvalue weighted by Gasteiger charge is 2.09. The van der Waals surface area contributed by atoms with Gasteiger partial charge in [0.15, 0.2) is 6.61 Å². The van der Waals surface area contributed by atoms with Gasteiger partial charge < -0.3 is 15.4 Å². The molecule has 0 saturated carbocycles. The number of ether oxygens (including phenoxy) is 1. The van der Waals surface area contributed by atoms with E-state index in [-0.39, 0.29) is 19.1 Å². The van der Waals surface area contributed by atoms with E-state index in [1.165, 1.54) is 0 Å². The van der Waals surface area contributed by atoms with Crippen molar-refractivity contribution < 1.29 is 9.53 Å². The lowest BCUT2D eigenvalue weighted by Crippen LogP contribution is -2.29. The smallest absolute Gasteiger partial charge is 0.258 e. The first-order valence-corrected chi connectivity index (χ1v) is 5.75. The average Bonchev–Trinajstić information content (AvgIpc) is 2.37. The van der Waals surface area contributed by atoms with E-state index in [1.54, 1.807) is 25.2 Å². The van der Waals surface area contributed by atoms with Crippen LogP contribution in [0.25, 0.3) is 0 Å². The molecule has 0 heterocycles. The Morgan fingerprint density at radius 3 is 3.00 bits per heavy atom. The lowest BCUT2D eigenvalue weighted by molar-refractivity contribution is -0.122. The maximum Gasteiger partial charge on any atom is 0.258 e. The van der Waals surface area contributed by atoms with Crippen LogP contribution in [0.2, 0.25) is 5.02 Å². The largest absolute Gasteiger partial charge is 0.483 e. The number of nitriles is 1. The van der Waals surface area contributed by atoms with Gasteiger partial charge in [0, 0.05) is 17.1 Å². The summed E-state index contributed by atoms with van der Waals surface area (Å²) in [4.78, 5) is 11.3. The molecular formula is C12H14ClN3O2. The lowest BCUT2D eigenvalue weighted by Gasteiger charge is -2.12. The second-order valence-electron chi connectivity index (χ2n) is 3.47. The third-order valence-corrected chi connectivity index (χ3v) is 2.51. The molecule has 1 amide bonds. The monoisotopic (exact) mass is 267 g/mol. The number of benzene rings is 1. The molecule has 0 spiro atoms. The molecule has 0 radical (unpaired) electrons. The first-order chi connectivity index (χ1) is 8.69. The van der Waals surface area contributed by atoms with Gasteiger partial charge >= 0.3 is 0 Å². The molecule has 1 rings (SSSR count). The van der Waals surface area contributed by atoms with Crippen molar-refractivity contribution in [2.24, 2.45) is 0 Å². The Kier molecular flexibility index (Phi) is 5.98. The predicted molar refractivity (Wildman–Crippen MR) is 68.3 cm³/mol. The summed E-state index contributed by atoms with van der Waals surface area (Å²) in [5, 5.41) is 14.3. The molecule has 0 bridgehead atoms. The molecule has 0 aliphatic carbocycles. The Morgan fingerprint density at radius 2 is 2.33 bits per heavy atom. The molecule has 18 heavy (non-hydrogen) atoms. The molecule has 0 atom stereocenters. The van der Waals surface area contributed by atoms with Gasteiger partial charge in [0.1, 0.15) is 12.3 Å². The summed E-state index contributed by atoms with van der Waals surface area (Å²) in [6.45, 7) is 0.384. The van der Waals surface area contributed by atoms with E-state index in [0.717, 1.165) is 5.56 Å². The second-order valence-corrected chi connectivity index (χ2v) is 3.88. The van der Waals surface area contributed by atoms with Gasteiger partial charge in [-0.1, -0.05) is 17.7 Å². The van der Waals surface area contributed by atoms with Crippen LogP contribution in [-0.4, -0.2) is 26.1 Å². The van der Waals surface area contributed by atoms with E-state index in [1.807, 2.05) is 6.07 Å². The van der Waals surface area contributed by atoms with Crippen molar-refractivity contribution in [3.63, 3.8) is 0 Å². The number of carbonyl (C=O) groups excluding carboxylic acids is 1. The van der Waals surface area contributed by atoms with Gasteiger partial charge in [-0.05, 0) is 19.2 Å². The molecular weight excluding hydrogens is 254 g/mol. The quantitative estimate of drug-likeness (QED) is 0.757. The van der Waals surface area contributed by atoms with Gasteiger partial charge in [0.25, 0.3) is 5.91 Å². The summed E-state index contributed by atoms with van der Waals surface area (Å²) in [5.74, 6) is 0.218. The van der Waals surface area contributed by atoms with E-state index in [4.69, 9.17) is 21.6 Å². The minimum absolute atomic E-state index is 0.0267. The maximum absolute atomic E-state index is 11.3. The molecule has 0 fully saturated rings. The molecule has 1 aromatic rings. The normalized spacial score (nSPS) is 9.61. The number of carbonyl (C=O) groups is 1. The van der Waals surface area contributed by atoms with Crippen LogP contribution in [0.3, 0.4) is 0 Å². The minimum Gasteiger partial charge on any atom is -0.483 e. The van der Waals surface area contributed by atoms with E-state index in [0.29, 0.717) is 17.3 Å². The summed E-state index contributed by atoms with van der Waals surface area (Å²) in [5.41, 5.74) is 0.801. The standard InChI is InChI=1S/C12H14ClN3O2/c1-15-7-9-10(13)3-2-4-11(9)18-8-12(17)16-6-5-14/h2-4,15H,6-8H2,1H3,(H,16,17). The van der Waals surface area contributed by atoms with Gasteiger partial charge in [-0.2, -0.15) is 5.26 Å². The number of hydrogen-bond donors (Lipinski definition) is 2. The fourth-order valence-electron chi connectivity index (χ4n) is 1.35. The highest BCUT2D eigenvalue weighted by molar-refractivity contribution is 6.31. The zero-order chi connectivity index (χ0) is 13.4. The van der Waals surface area contributed by atoms with Crippen LogP contribution in [0.15, 0.2) is 18.2 Å². The highest BCUT2D eigenvalue weighted by Crippen LogP contribution is 2.26. The predicted octanol–water partition coefficient (Wildman–Crippen LogP) is 1.08. The van der Waals surface area contributed by atoms with E-state index in [2.05, 4.69) is 10.6 Å². The third kappa shape index (κ3) is 4.24. The number of nitrogens with one attached hydrogen (secondary N) is 2. The van der Waals surface area contributed by atoms with Crippen molar-refractivity contribution in [1.82, 2.24) is 10.6 Å². The van der Waals surface area contributed by atoms with Crippen LogP contribution in [0, 0.1) is 11.3 Å². The van der Waals surface area contributed by atoms with Crippen molar-refractivity contribution in [1.29, 1.82) is 5.26 Å². The van der Waals surface area contributed by atoms with Crippen LogP contribution in [0.1, 0.15) is 5.56 Å². The number of rotatable bonds is 6. The summed E-state index contributed by atoms with van der Waals surface area (Å²) in [6.07, 6.45) is 0. The third-order valence-electron chi connectivity index (χ3n) is 2.15. The topological polar surface area (TPSA) is 74.2 Å². The van der Waals surface area contributed by atoms with Crippen LogP contribution < -0.4 is 15.4 Å². The van der Waals surface area contributed by atoms with Crippen molar-refractivity contribution in [2.75, 3.05) is 20.2 Å². The van der Waals surface area contributed by atoms with Crippen LogP contribution >= 0.6 is 11.6 Å². The highest BCUT2D eigenvalue weighted by atomic mass is 35.5. The van der Waals surface area contributed by atoms with Crippen LogP contribution in [-0.2, 0) is 11.3 Å². The fraction of sp³-hybridized carbons (Fsp3) is 0.333. The summed E-state index contributed by atoms with van der Waals surface area (Å²) >= 11 is 6.04. The number of amides is 1. The number of halogens is 1. The van der Waals surface area contributed by atoms with Gasteiger partial charge in [-0.15, -0.1) is 0 Å². The molecule has 0 aliphatic heterocycles. The molecule has 6 heteroatoms. The first kappa shape index (κ1) is 14.3. The molecule has 0 aliphatic rings. The van der Waals surface area contributed by atoms with Crippen molar-refractivity contribution in [2.45, 2.75) is 6.54 Å². The Bertz CT molecular complexity index is 457. The lowest BCUT2D eigenvalue weighted by atomic mass is 10.2. The van der Waals surface area contributed by atoms with Gasteiger partial charge in [0.2, 0.25) is 0 Å². The number of hydrogen-bond acceptors (Lipinski definition) is 4. The molecule has 1 aromatic carbocycles. The Balaban J connectivity index is 2.64. The zero-order valence-electron chi connectivity index (χ0n) is 10.00. The van der Waals surface area contributed by atoms with E-state index < -0.39 is 0 Å². The van der Waals surface area contributed by atoms with Gasteiger partial charge in [-0.25, -0.2) is 0 Å². The maximum atomic E-state index is 11.3. The zero-order valence-corrected chi connectivity index (χ0v) is 10.8. The summed E-state index contributed by atoms with van der Waals surface area (Å²) in [7, 11) is 1.80. The minimum atomic E-state index is -0.341. The van der Waals surface area contributed by atoms with Crippen molar-refractivity contribution in [3.05, 3.63) is 28.8 Å². The van der Waals surface area contributed by atoms with Crippen molar-refractivity contribution >= 4 is 17.5 Å². The Morgan fingerprint density at radius 1 is 1.56 bits per heavy atom. The second kappa shape index (κ2) is 7.54. The van der Waals surface area contributed by atoms with Gasteiger partial charge in [-0.3, -0.25) is 4.79 Å². The molecule has 5 nitrogen and oxygen atoms in total. The molecule has 2 N–H and O–H groups in total. The van der Waals surface area contributed by atoms with Crippen molar-refractivity contribution in [3.8, 4) is 11.8 Å². The average molecular weight is 268 g/mol. The molecule has 0 aromatic heterocycles. The summed E-state index contributed by atoms with van der Waals surface area (Å²) in [6, 6.07) is 7.08. The molecule has 0 unspecified atom stereocenters. The Hall–Kier alpha value is -1.77. The first-order valence-electron chi connectivity index (χ1n) is 5.37. The number of nitrogens with zero attached hydrogens (tertiary/aromatic N) is 1. The van der Waals surface area contributed by atoms with E-state index in [9.17, 15) is 4.79 Å². The molecule has 0 saturated heterocycles. The molecule has 96 valence electrons. The summed E-state index contributed by atoms with van der Waals surface area (Å²) < 4.78 is 5.38.